The largest absolute Gasteiger partial charge is 1.00 e. The summed E-state index contributed by atoms with van der Waals surface area (Å²) in [4.78, 5) is 11.0. The molecule has 1 amide bonds. The summed E-state index contributed by atoms with van der Waals surface area (Å²) >= 11 is 0. The first-order chi connectivity index (χ1) is 5.81. The Morgan fingerprint density at radius 2 is 2.00 bits per heavy atom. The van der Waals surface area contributed by atoms with E-state index in [2.05, 4.69) is 5.32 Å². The van der Waals surface area contributed by atoms with Gasteiger partial charge in [0.1, 0.15) is 5.60 Å². The molecule has 6 heteroatoms. The van der Waals surface area contributed by atoms with Crippen molar-refractivity contribution in [1.82, 2.24) is 5.32 Å². The molecule has 0 rings (SSSR count). The molecule has 0 aromatic heterocycles. The minimum absolute atomic E-state index is 0. The van der Waals surface area contributed by atoms with E-state index in [1.807, 2.05) is 0 Å². The third-order valence-corrected chi connectivity index (χ3v) is 1.08. The molecule has 0 aromatic carbocycles. The molecule has 0 fully saturated rings. The molecule has 0 atom stereocenters. The molecule has 14 heavy (non-hydrogen) atoms. The van der Waals surface area contributed by atoms with Crippen LogP contribution in [0, 0.1) is 0 Å². The zero-order valence-corrected chi connectivity index (χ0v) is 9.52. The quantitative estimate of drug-likeness (QED) is 0.337. The molecule has 0 aliphatic heterocycles. The highest BCUT2D eigenvalue weighted by Crippen LogP contribution is 2.05. The predicted molar refractivity (Wildman–Crippen MR) is 50.0 cm³/mol. The molecule has 5 N–H and O–H groups in total. The number of hydrogen-bond donors (Lipinski definition) is 3. The highest BCUT2D eigenvalue weighted by Gasteiger charge is 2.15. The SMILES string of the molecule is CC(C)(C)OC(=O)NCCC(N)=[NH2+].[Cl-]. The van der Waals surface area contributed by atoms with Gasteiger partial charge in [-0.15, -0.1) is 0 Å². The van der Waals surface area contributed by atoms with E-state index in [0.717, 1.165) is 0 Å². The molecule has 0 unspecified atom stereocenters. The molecule has 0 spiro atoms. The number of ether oxygens (including phenoxy) is 1. The summed E-state index contributed by atoms with van der Waals surface area (Å²) in [6.07, 6.45) is 0.00735. The lowest BCUT2D eigenvalue weighted by Crippen LogP contribution is -3.00. The van der Waals surface area contributed by atoms with Gasteiger partial charge in [-0.3, -0.25) is 11.1 Å². The molecule has 0 aliphatic rings. The van der Waals surface area contributed by atoms with Crippen molar-refractivity contribution in [3.8, 4) is 0 Å². The Bertz CT molecular complexity index is 201. The Morgan fingerprint density at radius 3 is 2.36 bits per heavy atom. The maximum atomic E-state index is 11.0. The van der Waals surface area contributed by atoms with E-state index in [9.17, 15) is 4.79 Å². The molecule has 5 nitrogen and oxygen atoms in total. The zero-order valence-electron chi connectivity index (χ0n) is 8.76. The van der Waals surface area contributed by atoms with Crippen molar-refractivity contribution < 1.29 is 27.3 Å². The number of nitrogens with one attached hydrogen (secondary N) is 1. The van der Waals surface area contributed by atoms with Gasteiger partial charge in [0, 0.05) is 6.54 Å². The summed E-state index contributed by atoms with van der Waals surface area (Å²) in [5.74, 6) is 0.302. The smallest absolute Gasteiger partial charge is 0.407 e. The summed E-state index contributed by atoms with van der Waals surface area (Å²) in [5.41, 5.74) is 4.74. The minimum atomic E-state index is -0.470. The molecule has 0 saturated heterocycles. The molecule has 0 aliphatic carbocycles. The van der Waals surface area contributed by atoms with Gasteiger partial charge in [-0.05, 0) is 20.8 Å². The lowest BCUT2D eigenvalue weighted by molar-refractivity contribution is -0.117. The second-order valence-electron chi connectivity index (χ2n) is 3.75. The van der Waals surface area contributed by atoms with Crippen molar-refractivity contribution in [3.63, 3.8) is 0 Å². The van der Waals surface area contributed by atoms with Crippen LogP contribution in [-0.4, -0.2) is 24.1 Å². The summed E-state index contributed by atoms with van der Waals surface area (Å²) in [6, 6.07) is 0. The Morgan fingerprint density at radius 1 is 1.50 bits per heavy atom. The fourth-order valence-electron chi connectivity index (χ4n) is 0.623. The summed E-state index contributed by atoms with van der Waals surface area (Å²) in [7, 11) is 0. The second kappa shape index (κ2) is 6.48. The van der Waals surface area contributed by atoms with Crippen molar-refractivity contribution in [2.45, 2.75) is 32.8 Å². The van der Waals surface area contributed by atoms with E-state index in [1.54, 1.807) is 20.8 Å². The standard InChI is InChI=1S/C8H17N3O2.ClH/c1-8(2,3)13-7(12)11-5-4-6(9)10;/h4-5H2,1-3H3,(H3,9,10)(H,11,12);1H. The van der Waals surface area contributed by atoms with Crippen molar-refractivity contribution >= 4 is 11.9 Å². The van der Waals surface area contributed by atoms with Gasteiger partial charge in [0.15, 0.2) is 0 Å². The van der Waals surface area contributed by atoms with E-state index in [4.69, 9.17) is 15.9 Å². The van der Waals surface area contributed by atoms with E-state index >= 15 is 0 Å². The number of alkyl carbamates (subject to hydrolysis) is 1. The highest BCUT2D eigenvalue weighted by atomic mass is 35.5. The van der Waals surface area contributed by atoms with E-state index in [1.165, 1.54) is 0 Å². The molecule has 0 saturated carbocycles. The molecular formula is C8H18ClN3O2. The van der Waals surface area contributed by atoms with Crippen LogP contribution in [0.15, 0.2) is 0 Å². The Labute approximate surface area is 90.3 Å². The number of halogens is 1. The topological polar surface area (TPSA) is 89.9 Å². The summed E-state index contributed by atoms with van der Waals surface area (Å²) in [5, 5.41) is 7.74. The maximum absolute atomic E-state index is 11.0. The van der Waals surface area contributed by atoms with Gasteiger partial charge < -0.3 is 22.5 Å². The van der Waals surface area contributed by atoms with Gasteiger partial charge in [-0.25, -0.2) is 4.79 Å². The van der Waals surface area contributed by atoms with Crippen LogP contribution in [0.2, 0.25) is 0 Å². The predicted octanol–water partition coefficient (Wildman–Crippen LogP) is -3.98. The first-order valence-electron chi connectivity index (χ1n) is 4.15. The van der Waals surface area contributed by atoms with Crippen LogP contribution in [0.25, 0.3) is 0 Å². The highest BCUT2D eigenvalue weighted by molar-refractivity contribution is 5.75. The second-order valence-corrected chi connectivity index (χ2v) is 3.75. The van der Waals surface area contributed by atoms with Gasteiger partial charge in [-0.1, -0.05) is 0 Å². The molecule has 0 aromatic rings. The average Bonchev–Trinajstić information content (AvgIpc) is 1.81. The first kappa shape index (κ1) is 15.5. The number of carbonyl (C=O) groups excluding carboxylic acids is 1. The molecule has 84 valence electrons. The summed E-state index contributed by atoms with van der Waals surface area (Å²) < 4.78 is 4.98. The molecule has 0 heterocycles. The van der Waals surface area contributed by atoms with E-state index in [0.29, 0.717) is 18.8 Å². The first-order valence-corrected chi connectivity index (χ1v) is 4.15. The summed E-state index contributed by atoms with van der Waals surface area (Å²) in [6.45, 7) is 5.80. The monoisotopic (exact) mass is 223 g/mol. The van der Waals surface area contributed by atoms with Crippen molar-refractivity contribution in [1.29, 1.82) is 0 Å². The van der Waals surface area contributed by atoms with E-state index in [-0.39, 0.29) is 12.4 Å². The Balaban J connectivity index is 0. The van der Waals surface area contributed by atoms with Crippen LogP contribution in [0.1, 0.15) is 27.2 Å². The Kier molecular flexibility index (Phi) is 7.17. The number of amidine groups is 1. The van der Waals surface area contributed by atoms with Gasteiger partial charge in [0.05, 0.1) is 6.42 Å². The fourth-order valence-corrected chi connectivity index (χ4v) is 0.623. The number of carbonyl (C=O) groups is 1. The lowest BCUT2D eigenvalue weighted by atomic mass is 10.2. The van der Waals surface area contributed by atoms with Gasteiger partial charge in [0.2, 0.25) is 5.84 Å². The molecule has 0 bridgehead atoms. The third kappa shape index (κ3) is 11.0. The zero-order chi connectivity index (χ0) is 10.5. The van der Waals surface area contributed by atoms with Crippen LogP contribution in [0.4, 0.5) is 4.79 Å². The van der Waals surface area contributed by atoms with Crippen LogP contribution in [0.3, 0.4) is 0 Å². The number of amides is 1. The molecule has 0 radical (unpaired) electrons. The Hall–Kier alpha value is -0.970. The fraction of sp³-hybridized carbons (Fsp3) is 0.750. The minimum Gasteiger partial charge on any atom is -1.00 e. The van der Waals surface area contributed by atoms with Crippen LogP contribution in [-0.2, 0) is 4.74 Å². The maximum Gasteiger partial charge on any atom is 0.407 e. The number of nitrogens with two attached hydrogens (primary N) is 2. The number of hydrogen-bond acceptors (Lipinski definition) is 2. The van der Waals surface area contributed by atoms with E-state index < -0.39 is 11.7 Å². The van der Waals surface area contributed by atoms with Gasteiger partial charge in [-0.2, -0.15) is 0 Å². The van der Waals surface area contributed by atoms with Gasteiger partial charge >= 0.3 is 6.09 Å². The van der Waals surface area contributed by atoms with Crippen molar-refractivity contribution in [3.05, 3.63) is 0 Å². The average molecular weight is 224 g/mol. The van der Waals surface area contributed by atoms with Crippen molar-refractivity contribution in [2.24, 2.45) is 5.73 Å². The number of rotatable bonds is 3. The normalized spacial score (nSPS) is 9.93. The van der Waals surface area contributed by atoms with Crippen LogP contribution in [0.5, 0.6) is 0 Å². The van der Waals surface area contributed by atoms with Gasteiger partial charge in [0.25, 0.3) is 0 Å². The van der Waals surface area contributed by atoms with Crippen LogP contribution >= 0.6 is 0 Å². The van der Waals surface area contributed by atoms with Crippen LogP contribution < -0.4 is 28.9 Å². The third-order valence-electron chi connectivity index (χ3n) is 1.08. The van der Waals surface area contributed by atoms with Crippen molar-refractivity contribution in [2.75, 3.05) is 6.54 Å². The molecular weight excluding hydrogens is 206 g/mol. The lowest BCUT2D eigenvalue weighted by Gasteiger charge is -2.19.